The maximum atomic E-state index is 5.39. The molecule has 1 rings (SSSR count). The molecule has 0 saturated carbocycles. The third-order valence-corrected chi connectivity index (χ3v) is 1.36. The van der Waals surface area contributed by atoms with Crippen molar-refractivity contribution in [2.45, 2.75) is 13.5 Å². The van der Waals surface area contributed by atoms with Gasteiger partial charge in [0.05, 0.1) is 0 Å². The highest BCUT2D eigenvalue weighted by atomic mass is 16.5. The maximum absolute atomic E-state index is 5.39. The summed E-state index contributed by atoms with van der Waals surface area (Å²) in [5.41, 5.74) is 7.23. The van der Waals surface area contributed by atoms with E-state index >= 15 is 0 Å². The van der Waals surface area contributed by atoms with Crippen LogP contribution in [-0.4, -0.2) is 0 Å². The molecule has 2 N–H and O–H groups in total. The van der Waals surface area contributed by atoms with Crippen molar-refractivity contribution in [3.8, 4) is 0 Å². The van der Waals surface area contributed by atoms with Crippen molar-refractivity contribution in [3.05, 3.63) is 47.9 Å². The Morgan fingerprint density at radius 3 is 2.67 bits per heavy atom. The fourth-order valence-electron chi connectivity index (χ4n) is 0.844. The fraction of sp³-hybridized carbons (Fsp3) is 0.200. The van der Waals surface area contributed by atoms with Gasteiger partial charge in [0, 0.05) is 5.70 Å². The Morgan fingerprint density at radius 1 is 1.42 bits per heavy atom. The van der Waals surface area contributed by atoms with Crippen LogP contribution in [0.4, 0.5) is 0 Å². The first-order valence-electron chi connectivity index (χ1n) is 3.87. The predicted molar refractivity (Wildman–Crippen MR) is 49.2 cm³/mol. The van der Waals surface area contributed by atoms with E-state index in [0.29, 0.717) is 12.3 Å². The van der Waals surface area contributed by atoms with Crippen LogP contribution in [0.3, 0.4) is 0 Å². The van der Waals surface area contributed by atoms with Gasteiger partial charge in [0.25, 0.3) is 0 Å². The number of benzene rings is 1. The van der Waals surface area contributed by atoms with Crippen molar-refractivity contribution in [2.75, 3.05) is 0 Å². The molecule has 0 amide bonds. The second-order valence-electron chi connectivity index (χ2n) is 2.66. The van der Waals surface area contributed by atoms with E-state index in [1.165, 1.54) is 0 Å². The molecule has 0 saturated heterocycles. The summed E-state index contributed by atoms with van der Waals surface area (Å²) < 4.78 is 5.19. The highest BCUT2D eigenvalue weighted by molar-refractivity contribution is 5.13. The second kappa shape index (κ2) is 4.44. The van der Waals surface area contributed by atoms with Gasteiger partial charge in [0.15, 0.2) is 0 Å². The van der Waals surface area contributed by atoms with Crippen LogP contribution in [0.25, 0.3) is 0 Å². The van der Waals surface area contributed by atoms with Crippen LogP contribution in [0.2, 0.25) is 0 Å². The molecule has 0 atom stereocenters. The summed E-state index contributed by atoms with van der Waals surface area (Å²) in [6.45, 7) is 2.38. The zero-order valence-corrected chi connectivity index (χ0v) is 7.16. The van der Waals surface area contributed by atoms with Crippen molar-refractivity contribution in [2.24, 2.45) is 5.73 Å². The van der Waals surface area contributed by atoms with E-state index in [2.05, 4.69) is 0 Å². The summed E-state index contributed by atoms with van der Waals surface area (Å²) in [5.74, 6) is 0. The molecule has 64 valence electrons. The molecule has 1 aromatic rings. The molecule has 0 aliphatic carbocycles. The van der Waals surface area contributed by atoms with E-state index in [9.17, 15) is 0 Å². The van der Waals surface area contributed by atoms with Crippen LogP contribution < -0.4 is 5.73 Å². The minimum Gasteiger partial charge on any atom is -0.495 e. The van der Waals surface area contributed by atoms with Gasteiger partial charge in [-0.15, -0.1) is 0 Å². The number of hydrogen-bond acceptors (Lipinski definition) is 2. The monoisotopic (exact) mass is 163 g/mol. The number of allylic oxidation sites excluding steroid dienone is 1. The summed E-state index contributed by atoms with van der Waals surface area (Å²) in [6, 6.07) is 9.97. The fourth-order valence-corrected chi connectivity index (χ4v) is 0.844. The second-order valence-corrected chi connectivity index (χ2v) is 2.66. The van der Waals surface area contributed by atoms with Crippen LogP contribution in [0.5, 0.6) is 0 Å². The predicted octanol–water partition coefficient (Wildman–Crippen LogP) is 2.02. The van der Waals surface area contributed by atoms with Crippen LogP contribution in [0.15, 0.2) is 42.3 Å². The van der Waals surface area contributed by atoms with Crippen molar-refractivity contribution in [3.63, 3.8) is 0 Å². The van der Waals surface area contributed by atoms with E-state index in [0.717, 1.165) is 5.56 Å². The van der Waals surface area contributed by atoms with Crippen LogP contribution >= 0.6 is 0 Å². The Balaban J connectivity index is 2.39. The molecule has 0 heterocycles. The Hall–Kier alpha value is -1.44. The molecular weight excluding hydrogens is 150 g/mol. The molecule has 12 heavy (non-hydrogen) atoms. The Kier molecular flexibility index (Phi) is 3.20. The number of hydrogen-bond donors (Lipinski definition) is 1. The van der Waals surface area contributed by atoms with Gasteiger partial charge < -0.3 is 10.5 Å². The zero-order valence-electron chi connectivity index (χ0n) is 7.16. The third kappa shape index (κ3) is 3.10. The van der Waals surface area contributed by atoms with Gasteiger partial charge in [-0.2, -0.15) is 0 Å². The highest BCUT2D eigenvalue weighted by Crippen LogP contribution is 2.00. The Morgan fingerprint density at radius 2 is 2.08 bits per heavy atom. The Bertz CT molecular complexity index is 250. The molecule has 0 aliphatic rings. The number of nitrogens with two attached hydrogens (primary N) is 1. The number of rotatable bonds is 3. The number of ether oxygens (including phenoxy) is 1. The van der Waals surface area contributed by atoms with Crippen LogP contribution in [-0.2, 0) is 11.3 Å². The summed E-state index contributed by atoms with van der Waals surface area (Å²) in [5, 5.41) is 0. The van der Waals surface area contributed by atoms with Crippen molar-refractivity contribution in [1.29, 1.82) is 0 Å². The quantitative estimate of drug-likeness (QED) is 0.692. The minimum atomic E-state index is 0.579. The topological polar surface area (TPSA) is 35.2 Å². The molecule has 0 fully saturated rings. The van der Waals surface area contributed by atoms with E-state index in [-0.39, 0.29) is 0 Å². The minimum absolute atomic E-state index is 0.579. The smallest absolute Gasteiger partial charge is 0.112 e. The summed E-state index contributed by atoms with van der Waals surface area (Å²) in [7, 11) is 0. The highest BCUT2D eigenvalue weighted by Gasteiger charge is 1.87. The average molecular weight is 163 g/mol. The first kappa shape index (κ1) is 8.65. The molecule has 0 radical (unpaired) electrons. The molecule has 0 bridgehead atoms. The van der Waals surface area contributed by atoms with Gasteiger partial charge in [-0.3, -0.25) is 0 Å². The van der Waals surface area contributed by atoms with Gasteiger partial charge in [0.2, 0.25) is 0 Å². The first-order chi connectivity index (χ1) is 5.79. The molecule has 2 nitrogen and oxygen atoms in total. The lowest BCUT2D eigenvalue weighted by Gasteiger charge is -2.00. The Labute approximate surface area is 72.7 Å². The van der Waals surface area contributed by atoms with E-state index in [1.807, 2.05) is 30.3 Å². The average Bonchev–Trinajstić information content (AvgIpc) is 2.05. The van der Waals surface area contributed by atoms with Gasteiger partial charge in [0.1, 0.15) is 12.9 Å². The van der Waals surface area contributed by atoms with Crippen LogP contribution in [0, 0.1) is 0 Å². The van der Waals surface area contributed by atoms with Gasteiger partial charge in [-0.1, -0.05) is 30.3 Å². The molecule has 0 aromatic heterocycles. The molecule has 2 heteroatoms. The zero-order chi connectivity index (χ0) is 8.81. The van der Waals surface area contributed by atoms with Gasteiger partial charge in [-0.25, -0.2) is 0 Å². The molecule has 0 unspecified atom stereocenters. The van der Waals surface area contributed by atoms with Crippen LogP contribution in [0.1, 0.15) is 12.5 Å². The summed E-state index contributed by atoms with van der Waals surface area (Å²) in [4.78, 5) is 0. The summed E-state index contributed by atoms with van der Waals surface area (Å²) >= 11 is 0. The normalized spacial score (nSPS) is 11.2. The van der Waals surface area contributed by atoms with Crippen molar-refractivity contribution < 1.29 is 4.74 Å². The SMILES string of the molecule is C/C(N)=C/OCc1ccccc1. The lowest BCUT2D eigenvalue weighted by atomic mass is 10.2. The lowest BCUT2D eigenvalue weighted by Crippen LogP contribution is -1.93. The molecular formula is C10H13NO. The van der Waals surface area contributed by atoms with E-state index in [1.54, 1.807) is 13.2 Å². The molecule has 1 aromatic carbocycles. The van der Waals surface area contributed by atoms with Crippen molar-refractivity contribution >= 4 is 0 Å². The van der Waals surface area contributed by atoms with Gasteiger partial charge >= 0.3 is 0 Å². The largest absolute Gasteiger partial charge is 0.495 e. The standard InChI is InChI=1S/C10H13NO/c1-9(11)7-12-8-10-5-3-2-4-6-10/h2-7H,8,11H2,1H3/b9-7-. The van der Waals surface area contributed by atoms with E-state index < -0.39 is 0 Å². The lowest BCUT2D eigenvalue weighted by molar-refractivity contribution is 0.233. The maximum Gasteiger partial charge on any atom is 0.112 e. The molecule has 0 spiro atoms. The third-order valence-electron chi connectivity index (χ3n) is 1.36. The summed E-state index contributed by atoms with van der Waals surface area (Å²) in [6.07, 6.45) is 1.56. The molecule has 0 aliphatic heterocycles. The van der Waals surface area contributed by atoms with Gasteiger partial charge in [-0.05, 0) is 12.5 Å². The van der Waals surface area contributed by atoms with Crippen molar-refractivity contribution in [1.82, 2.24) is 0 Å². The van der Waals surface area contributed by atoms with E-state index in [4.69, 9.17) is 10.5 Å². The first-order valence-corrected chi connectivity index (χ1v) is 3.87.